The third kappa shape index (κ3) is 3.52. The Kier molecular flexibility index (Phi) is 5.34. The highest BCUT2D eigenvalue weighted by Crippen LogP contribution is 2.34. The van der Waals surface area contributed by atoms with Gasteiger partial charge in [0, 0.05) is 35.8 Å². The predicted octanol–water partition coefficient (Wildman–Crippen LogP) is 3.35. The summed E-state index contributed by atoms with van der Waals surface area (Å²) in [5.41, 5.74) is 0.464. The van der Waals surface area contributed by atoms with Crippen molar-refractivity contribution in [2.75, 3.05) is 20.2 Å². The quantitative estimate of drug-likeness (QED) is 0.763. The lowest BCUT2D eigenvalue weighted by atomic mass is 10.1. The summed E-state index contributed by atoms with van der Waals surface area (Å²) < 4.78 is 25.3. The molecule has 0 saturated carbocycles. The Hall–Kier alpha value is -1.99. The van der Waals surface area contributed by atoms with Gasteiger partial charge in [-0.15, -0.1) is 11.3 Å². The number of amides is 1. The summed E-state index contributed by atoms with van der Waals surface area (Å²) in [5, 5.41) is 0.375. The summed E-state index contributed by atoms with van der Waals surface area (Å²) in [6.45, 7) is 3.07. The Balaban J connectivity index is 1.85. The van der Waals surface area contributed by atoms with Crippen LogP contribution in [0.15, 0.2) is 18.2 Å². The molecule has 7 heteroatoms. The van der Waals surface area contributed by atoms with Crippen LogP contribution in [0.1, 0.15) is 35.0 Å². The van der Waals surface area contributed by atoms with Crippen LogP contribution in [-0.2, 0) is 20.9 Å². The predicted molar refractivity (Wildman–Crippen MR) is 93.2 cm³/mol. The van der Waals surface area contributed by atoms with Gasteiger partial charge in [0.2, 0.25) is 0 Å². The first kappa shape index (κ1) is 17.8. The van der Waals surface area contributed by atoms with Crippen LogP contribution in [-0.4, -0.2) is 43.1 Å². The number of benzene rings is 1. The molecular formula is C18H20FNO4S. The number of ether oxygens (including phenoxy) is 2. The molecule has 134 valence electrons. The fourth-order valence-corrected chi connectivity index (χ4v) is 4.18. The summed E-state index contributed by atoms with van der Waals surface area (Å²) >= 11 is 1.15. The molecule has 3 rings (SSSR count). The van der Waals surface area contributed by atoms with E-state index in [9.17, 15) is 14.0 Å². The van der Waals surface area contributed by atoms with E-state index in [-0.39, 0.29) is 17.4 Å². The molecule has 1 aromatic heterocycles. The zero-order valence-electron chi connectivity index (χ0n) is 14.2. The van der Waals surface area contributed by atoms with Gasteiger partial charge in [0.15, 0.2) is 6.10 Å². The first-order valence-electron chi connectivity index (χ1n) is 8.21. The average molecular weight is 365 g/mol. The first-order chi connectivity index (χ1) is 12.0. The Morgan fingerprint density at radius 1 is 1.32 bits per heavy atom. The second-order valence-corrected chi connectivity index (χ2v) is 7.09. The molecule has 0 unspecified atom stereocenters. The number of carbonyl (C=O) groups is 2. The lowest BCUT2D eigenvalue weighted by Gasteiger charge is -2.20. The maximum atomic E-state index is 14.2. The molecule has 2 aromatic rings. The SMILES string of the molecule is COCc1c(C(=O)O[C@H](C)C(=O)N2CCCC2)sc2cccc(F)c12. The molecule has 0 aliphatic carbocycles. The number of methoxy groups -OCH3 is 1. The summed E-state index contributed by atoms with van der Waals surface area (Å²) in [4.78, 5) is 26.9. The number of esters is 1. The molecule has 1 aliphatic heterocycles. The van der Waals surface area contributed by atoms with Gasteiger partial charge in [-0.05, 0) is 31.9 Å². The summed E-state index contributed by atoms with van der Waals surface area (Å²) in [5.74, 6) is -1.21. The normalized spacial score (nSPS) is 15.6. The standard InChI is InChI=1S/C18H20FNO4S/c1-11(17(21)20-8-3-4-9-20)24-18(22)16-12(10-23-2)15-13(19)6-5-7-14(15)25-16/h5-7,11H,3-4,8-10H2,1-2H3/t11-/m1/s1. The number of thiophene rings is 1. The van der Waals surface area contributed by atoms with Crippen LogP contribution in [0.5, 0.6) is 0 Å². The van der Waals surface area contributed by atoms with E-state index in [1.54, 1.807) is 24.0 Å². The number of likely N-dealkylation sites (tertiary alicyclic amines) is 1. The van der Waals surface area contributed by atoms with Gasteiger partial charge in [-0.3, -0.25) is 4.79 Å². The second-order valence-electron chi connectivity index (χ2n) is 6.04. The monoisotopic (exact) mass is 365 g/mol. The van der Waals surface area contributed by atoms with E-state index in [2.05, 4.69) is 0 Å². The highest BCUT2D eigenvalue weighted by molar-refractivity contribution is 7.21. The maximum absolute atomic E-state index is 14.2. The Morgan fingerprint density at radius 2 is 2.04 bits per heavy atom. The van der Waals surface area contributed by atoms with E-state index in [0.29, 0.717) is 28.7 Å². The molecule has 0 radical (unpaired) electrons. The smallest absolute Gasteiger partial charge is 0.349 e. The van der Waals surface area contributed by atoms with Gasteiger partial charge in [-0.25, -0.2) is 9.18 Å². The molecule has 5 nitrogen and oxygen atoms in total. The first-order valence-corrected chi connectivity index (χ1v) is 9.03. The Morgan fingerprint density at radius 3 is 2.72 bits per heavy atom. The van der Waals surface area contributed by atoms with Gasteiger partial charge in [0.1, 0.15) is 10.7 Å². The molecule has 1 fully saturated rings. The van der Waals surface area contributed by atoms with Crippen LogP contribution in [0, 0.1) is 5.82 Å². The number of hydrogen-bond donors (Lipinski definition) is 0. The fourth-order valence-electron chi connectivity index (χ4n) is 3.07. The molecule has 0 spiro atoms. The van der Waals surface area contributed by atoms with Crippen LogP contribution in [0.3, 0.4) is 0 Å². The minimum atomic E-state index is -0.865. The molecular weight excluding hydrogens is 345 g/mol. The minimum absolute atomic E-state index is 0.0970. The molecule has 1 aliphatic rings. The van der Waals surface area contributed by atoms with E-state index in [1.807, 2.05) is 0 Å². The van der Waals surface area contributed by atoms with E-state index in [4.69, 9.17) is 9.47 Å². The zero-order chi connectivity index (χ0) is 18.0. The van der Waals surface area contributed by atoms with Gasteiger partial charge in [-0.1, -0.05) is 6.07 Å². The van der Waals surface area contributed by atoms with Crippen LogP contribution >= 0.6 is 11.3 Å². The highest BCUT2D eigenvalue weighted by atomic mass is 32.1. The number of nitrogens with zero attached hydrogens (tertiary/aromatic N) is 1. The molecule has 0 bridgehead atoms. The van der Waals surface area contributed by atoms with Crippen LogP contribution < -0.4 is 0 Å². The van der Waals surface area contributed by atoms with Crippen molar-refractivity contribution in [1.29, 1.82) is 0 Å². The molecule has 0 N–H and O–H groups in total. The van der Waals surface area contributed by atoms with E-state index < -0.39 is 17.9 Å². The largest absolute Gasteiger partial charge is 0.448 e. The van der Waals surface area contributed by atoms with Crippen molar-refractivity contribution in [3.8, 4) is 0 Å². The summed E-state index contributed by atoms with van der Waals surface area (Å²) in [6, 6.07) is 4.69. The third-order valence-corrected chi connectivity index (χ3v) is 5.46. The van der Waals surface area contributed by atoms with E-state index >= 15 is 0 Å². The van der Waals surface area contributed by atoms with Gasteiger partial charge in [0.25, 0.3) is 5.91 Å². The second kappa shape index (κ2) is 7.49. The maximum Gasteiger partial charge on any atom is 0.349 e. The molecule has 1 atom stereocenters. The number of rotatable bonds is 5. The van der Waals surface area contributed by atoms with Crippen molar-refractivity contribution in [3.63, 3.8) is 0 Å². The summed E-state index contributed by atoms with van der Waals surface area (Å²) in [6.07, 6.45) is 1.08. The van der Waals surface area contributed by atoms with Crippen molar-refractivity contribution >= 4 is 33.3 Å². The Bertz CT molecular complexity index is 798. The van der Waals surface area contributed by atoms with Gasteiger partial charge < -0.3 is 14.4 Å². The van der Waals surface area contributed by atoms with Gasteiger partial charge in [0.05, 0.1) is 6.61 Å². The molecule has 1 saturated heterocycles. The Labute approximate surface area is 149 Å². The topological polar surface area (TPSA) is 55.8 Å². The van der Waals surface area contributed by atoms with Gasteiger partial charge >= 0.3 is 5.97 Å². The highest BCUT2D eigenvalue weighted by Gasteiger charge is 2.28. The minimum Gasteiger partial charge on any atom is -0.448 e. The number of hydrogen-bond acceptors (Lipinski definition) is 5. The van der Waals surface area contributed by atoms with Crippen molar-refractivity contribution in [3.05, 3.63) is 34.5 Å². The zero-order valence-corrected chi connectivity index (χ0v) is 15.0. The number of fused-ring (bicyclic) bond motifs is 1. The van der Waals surface area contributed by atoms with Crippen molar-refractivity contribution < 1.29 is 23.5 Å². The van der Waals surface area contributed by atoms with Crippen molar-refractivity contribution in [2.45, 2.75) is 32.5 Å². The van der Waals surface area contributed by atoms with Crippen LogP contribution in [0.2, 0.25) is 0 Å². The summed E-state index contributed by atoms with van der Waals surface area (Å²) in [7, 11) is 1.49. The van der Waals surface area contributed by atoms with E-state index in [1.165, 1.54) is 13.2 Å². The molecule has 25 heavy (non-hydrogen) atoms. The third-order valence-electron chi connectivity index (χ3n) is 4.29. The van der Waals surface area contributed by atoms with Crippen molar-refractivity contribution in [2.24, 2.45) is 0 Å². The lowest BCUT2D eigenvalue weighted by molar-refractivity contribution is -0.138. The lowest BCUT2D eigenvalue weighted by Crippen LogP contribution is -2.38. The van der Waals surface area contributed by atoms with Crippen molar-refractivity contribution in [1.82, 2.24) is 4.90 Å². The number of halogens is 1. The molecule has 1 aromatic carbocycles. The van der Waals surface area contributed by atoms with Crippen LogP contribution in [0.25, 0.3) is 10.1 Å². The fraction of sp³-hybridized carbons (Fsp3) is 0.444. The molecule has 2 heterocycles. The number of carbonyl (C=O) groups excluding carboxylic acids is 2. The van der Waals surface area contributed by atoms with Gasteiger partial charge in [-0.2, -0.15) is 0 Å². The molecule has 1 amide bonds. The average Bonchev–Trinajstić information content (AvgIpc) is 3.23. The van der Waals surface area contributed by atoms with E-state index in [0.717, 1.165) is 24.2 Å². The van der Waals surface area contributed by atoms with Crippen LogP contribution in [0.4, 0.5) is 4.39 Å².